The lowest BCUT2D eigenvalue weighted by molar-refractivity contribution is 0.294. The van der Waals surface area contributed by atoms with Crippen LogP contribution in [0.25, 0.3) is 0 Å². The van der Waals surface area contributed by atoms with E-state index < -0.39 is 0 Å². The second-order valence-corrected chi connectivity index (χ2v) is 6.67. The zero-order chi connectivity index (χ0) is 16.9. The van der Waals surface area contributed by atoms with E-state index in [4.69, 9.17) is 21.4 Å². The molecule has 2 heterocycles. The van der Waals surface area contributed by atoms with Crippen molar-refractivity contribution in [2.45, 2.75) is 39.5 Å². The van der Waals surface area contributed by atoms with Crippen molar-refractivity contribution in [1.82, 2.24) is 20.0 Å². The molecule has 1 aliphatic heterocycles. The Balaban J connectivity index is 1.67. The number of fused-ring (bicyclic) bond motifs is 1. The largest absolute Gasteiger partial charge is 0.494 e. The van der Waals surface area contributed by atoms with Crippen LogP contribution in [0.5, 0.6) is 5.75 Å². The van der Waals surface area contributed by atoms with Gasteiger partial charge in [0.25, 0.3) is 0 Å². The van der Waals surface area contributed by atoms with E-state index in [0.717, 1.165) is 61.2 Å². The minimum atomic E-state index is 0.652. The molecule has 0 saturated carbocycles. The van der Waals surface area contributed by atoms with Crippen molar-refractivity contribution in [2.75, 3.05) is 20.2 Å². The second-order valence-electron chi connectivity index (χ2n) is 6.24. The molecule has 1 aromatic carbocycles. The maximum Gasteiger partial charge on any atom is 0.123 e. The lowest BCUT2D eigenvalue weighted by atomic mass is 10.2. The number of nitrogens with one attached hydrogen (secondary N) is 1. The summed E-state index contributed by atoms with van der Waals surface area (Å²) in [4.78, 5) is 2.24. The molecule has 0 fully saturated rings. The fraction of sp³-hybridized carbons (Fsp3) is 0.500. The van der Waals surface area contributed by atoms with Crippen molar-refractivity contribution in [3.8, 4) is 5.75 Å². The number of aromatic nitrogens is 2. The van der Waals surface area contributed by atoms with E-state index >= 15 is 0 Å². The van der Waals surface area contributed by atoms with Gasteiger partial charge >= 0.3 is 0 Å². The van der Waals surface area contributed by atoms with Crippen LogP contribution in [-0.4, -0.2) is 34.9 Å². The molecule has 0 atom stereocenters. The van der Waals surface area contributed by atoms with Gasteiger partial charge in [0.2, 0.25) is 0 Å². The Kier molecular flexibility index (Phi) is 5.76. The highest BCUT2D eigenvalue weighted by Gasteiger charge is 2.13. The first kappa shape index (κ1) is 17.3. The number of hydrogen-bond donors (Lipinski definition) is 1. The Hall–Kier alpha value is -1.56. The number of halogens is 1. The first-order chi connectivity index (χ1) is 11.7. The van der Waals surface area contributed by atoms with E-state index in [0.29, 0.717) is 6.61 Å². The van der Waals surface area contributed by atoms with Crippen LogP contribution < -0.4 is 10.1 Å². The van der Waals surface area contributed by atoms with E-state index in [1.165, 1.54) is 5.69 Å². The molecular formula is C18H25ClN4O. The molecule has 1 aliphatic rings. The number of ether oxygens (including phenoxy) is 1. The van der Waals surface area contributed by atoms with Crippen molar-refractivity contribution in [3.63, 3.8) is 0 Å². The van der Waals surface area contributed by atoms with Crippen molar-refractivity contribution < 1.29 is 4.74 Å². The van der Waals surface area contributed by atoms with Gasteiger partial charge in [-0.25, -0.2) is 0 Å². The number of hydrogen-bond acceptors (Lipinski definition) is 4. The van der Waals surface area contributed by atoms with Gasteiger partial charge < -0.3 is 10.1 Å². The standard InChI is InChI=1S/C18H25ClN4O/c1-3-24-18-6-5-15(19)9-14(18)12-22(2)13-16-10-17-11-20-7-4-8-23(17)21-16/h5-6,9-10,20H,3-4,7-8,11-13H2,1-2H3. The summed E-state index contributed by atoms with van der Waals surface area (Å²) in [5.74, 6) is 0.901. The van der Waals surface area contributed by atoms with E-state index in [9.17, 15) is 0 Å². The summed E-state index contributed by atoms with van der Waals surface area (Å²) < 4.78 is 7.84. The van der Waals surface area contributed by atoms with Crippen molar-refractivity contribution in [3.05, 3.63) is 46.2 Å². The summed E-state index contributed by atoms with van der Waals surface area (Å²) in [6.07, 6.45) is 1.13. The first-order valence-corrected chi connectivity index (χ1v) is 8.89. The summed E-state index contributed by atoms with van der Waals surface area (Å²) >= 11 is 6.15. The van der Waals surface area contributed by atoms with Crippen LogP contribution in [-0.2, 0) is 26.2 Å². The van der Waals surface area contributed by atoms with Gasteiger partial charge in [0.15, 0.2) is 0 Å². The first-order valence-electron chi connectivity index (χ1n) is 8.52. The molecule has 0 unspecified atom stereocenters. The average molecular weight is 349 g/mol. The summed E-state index contributed by atoms with van der Waals surface area (Å²) in [6, 6.07) is 8.00. The number of benzene rings is 1. The van der Waals surface area contributed by atoms with Crippen LogP contribution in [0.1, 0.15) is 30.3 Å². The molecular weight excluding hydrogens is 324 g/mol. The predicted octanol–water partition coefficient (Wildman–Crippen LogP) is 3.06. The van der Waals surface area contributed by atoms with Crippen molar-refractivity contribution >= 4 is 11.6 Å². The van der Waals surface area contributed by atoms with Crippen molar-refractivity contribution in [2.24, 2.45) is 0 Å². The molecule has 5 nitrogen and oxygen atoms in total. The van der Waals surface area contributed by atoms with Crippen LogP contribution in [0.4, 0.5) is 0 Å². The molecule has 0 saturated heterocycles. The molecule has 3 rings (SSSR count). The molecule has 6 heteroatoms. The topological polar surface area (TPSA) is 42.3 Å². The minimum Gasteiger partial charge on any atom is -0.494 e. The molecule has 0 aliphatic carbocycles. The van der Waals surface area contributed by atoms with Gasteiger partial charge in [-0.1, -0.05) is 11.6 Å². The van der Waals surface area contributed by atoms with Crippen LogP contribution in [0.15, 0.2) is 24.3 Å². The number of rotatable bonds is 6. The Morgan fingerprint density at radius 3 is 3.04 bits per heavy atom. The molecule has 130 valence electrons. The SMILES string of the molecule is CCOc1ccc(Cl)cc1CN(C)Cc1cc2n(n1)CCCNC2. The highest BCUT2D eigenvalue weighted by atomic mass is 35.5. The summed E-state index contributed by atoms with van der Waals surface area (Å²) in [7, 11) is 2.10. The average Bonchev–Trinajstić information content (AvgIpc) is 2.78. The third kappa shape index (κ3) is 4.29. The third-order valence-electron chi connectivity index (χ3n) is 4.14. The normalized spacial score (nSPS) is 14.5. The fourth-order valence-electron chi connectivity index (χ4n) is 3.09. The zero-order valence-electron chi connectivity index (χ0n) is 14.4. The van der Waals surface area contributed by atoms with Crippen LogP contribution in [0.3, 0.4) is 0 Å². The van der Waals surface area contributed by atoms with Crippen LogP contribution in [0, 0.1) is 0 Å². The maximum atomic E-state index is 6.15. The molecule has 0 amide bonds. The Morgan fingerprint density at radius 2 is 2.21 bits per heavy atom. The molecule has 2 aromatic rings. The number of nitrogens with zero attached hydrogens (tertiary/aromatic N) is 3. The quantitative estimate of drug-likeness (QED) is 0.871. The lowest BCUT2D eigenvalue weighted by Crippen LogP contribution is -2.18. The Morgan fingerprint density at radius 1 is 1.33 bits per heavy atom. The van der Waals surface area contributed by atoms with Gasteiger partial charge in [0, 0.05) is 36.8 Å². The van der Waals surface area contributed by atoms with Crippen LogP contribution in [0.2, 0.25) is 5.02 Å². The molecule has 24 heavy (non-hydrogen) atoms. The van der Waals surface area contributed by atoms with Crippen LogP contribution >= 0.6 is 11.6 Å². The monoisotopic (exact) mass is 348 g/mol. The second kappa shape index (κ2) is 8.01. The zero-order valence-corrected chi connectivity index (χ0v) is 15.1. The molecule has 0 radical (unpaired) electrons. The van der Waals surface area contributed by atoms with Gasteiger partial charge in [0.05, 0.1) is 18.0 Å². The van der Waals surface area contributed by atoms with Crippen molar-refractivity contribution in [1.29, 1.82) is 0 Å². The highest BCUT2D eigenvalue weighted by Crippen LogP contribution is 2.24. The molecule has 1 N–H and O–H groups in total. The summed E-state index contributed by atoms with van der Waals surface area (Å²) in [5.41, 5.74) is 3.49. The highest BCUT2D eigenvalue weighted by molar-refractivity contribution is 6.30. The summed E-state index contributed by atoms with van der Waals surface area (Å²) in [6.45, 7) is 7.18. The Bertz CT molecular complexity index is 662. The van der Waals surface area contributed by atoms with E-state index in [1.807, 2.05) is 25.1 Å². The van der Waals surface area contributed by atoms with E-state index in [1.54, 1.807) is 0 Å². The van der Waals surface area contributed by atoms with E-state index in [-0.39, 0.29) is 0 Å². The third-order valence-corrected chi connectivity index (χ3v) is 4.37. The Labute approximate surface area is 148 Å². The molecule has 0 bridgehead atoms. The van der Waals surface area contributed by atoms with Gasteiger partial charge in [-0.05, 0) is 51.2 Å². The van der Waals surface area contributed by atoms with Gasteiger partial charge in [-0.15, -0.1) is 0 Å². The fourth-order valence-corrected chi connectivity index (χ4v) is 3.28. The van der Waals surface area contributed by atoms with Gasteiger partial charge in [-0.3, -0.25) is 9.58 Å². The maximum absolute atomic E-state index is 6.15. The van der Waals surface area contributed by atoms with Gasteiger partial charge in [0.1, 0.15) is 5.75 Å². The van der Waals surface area contributed by atoms with E-state index in [2.05, 4.69) is 28.0 Å². The minimum absolute atomic E-state index is 0.652. The lowest BCUT2D eigenvalue weighted by Gasteiger charge is -2.18. The predicted molar refractivity (Wildman–Crippen MR) is 96.3 cm³/mol. The molecule has 0 spiro atoms. The number of aryl methyl sites for hydroxylation is 1. The summed E-state index contributed by atoms with van der Waals surface area (Å²) in [5, 5.41) is 8.92. The van der Waals surface area contributed by atoms with Gasteiger partial charge in [-0.2, -0.15) is 5.10 Å². The smallest absolute Gasteiger partial charge is 0.123 e. The molecule has 1 aromatic heterocycles.